The van der Waals surface area contributed by atoms with E-state index in [2.05, 4.69) is 24.5 Å². The molecular formula is C16H32N2O9. The van der Waals surface area contributed by atoms with Crippen molar-refractivity contribution in [3.63, 3.8) is 0 Å². The molecule has 0 saturated carbocycles. The van der Waals surface area contributed by atoms with Crippen molar-refractivity contribution in [2.45, 2.75) is 63.9 Å². The van der Waals surface area contributed by atoms with E-state index in [9.17, 15) is 30.0 Å². The van der Waals surface area contributed by atoms with Crippen LogP contribution in [0.5, 0.6) is 0 Å². The van der Waals surface area contributed by atoms with Crippen molar-refractivity contribution in [2.75, 3.05) is 19.7 Å². The van der Waals surface area contributed by atoms with E-state index in [1.807, 2.05) is 0 Å². The first-order valence-electron chi connectivity index (χ1n) is 8.78. The highest BCUT2D eigenvalue weighted by atomic mass is 16.7. The molecule has 6 atom stereocenters. The summed E-state index contributed by atoms with van der Waals surface area (Å²) in [6.07, 6.45) is -6.82. The SMILES string of the molecule is CC(=O)N[C@@H](O)[C@@H]1[C@H](C[C@H](O)CO)O[C@](O)(C(=O)O)C[C@@H]1O.CCNCC. The van der Waals surface area contributed by atoms with E-state index in [0.29, 0.717) is 0 Å². The van der Waals surface area contributed by atoms with Crippen molar-refractivity contribution >= 4 is 11.9 Å². The first-order valence-corrected chi connectivity index (χ1v) is 8.78. The van der Waals surface area contributed by atoms with Crippen LogP contribution in [0.15, 0.2) is 0 Å². The maximum absolute atomic E-state index is 11.0. The molecule has 0 unspecified atom stereocenters. The van der Waals surface area contributed by atoms with Gasteiger partial charge >= 0.3 is 5.97 Å². The fraction of sp³-hybridized carbons (Fsp3) is 0.875. The van der Waals surface area contributed by atoms with Gasteiger partial charge in [-0.1, -0.05) is 13.8 Å². The highest BCUT2D eigenvalue weighted by Crippen LogP contribution is 2.35. The second kappa shape index (κ2) is 12.2. The number of carbonyl (C=O) groups is 2. The Labute approximate surface area is 158 Å². The molecule has 1 heterocycles. The molecule has 1 fully saturated rings. The lowest BCUT2D eigenvalue weighted by Gasteiger charge is -2.44. The molecule has 0 bridgehead atoms. The zero-order valence-electron chi connectivity index (χ0n) is 15.8. The molecule has 0 aromatic carbocycles. The molecule has 0 radical (unpaired) electrons. The van der Waals surface area contributed by atoms with Gasteiger partial charge < -0.3 is 46.0 Å². The molecule has 160 valence electrons. The normalized spacial score (nSPS) is 29.9. The van der Waals surface area contributed by atoms with Crippen molar-refractivity contribution in [3.05, 3.63) is 0 Å². The van der Waals surface area contributed by atoms with Gasteiger partial charge in [0.1, 0.15) is 6.23 Å². The number of hydrogen-bond acceptors (Lipinski definition) is 9. The second-order valence-electron chi connectivity index (χ2n) is 6.27. The van der Waals surface area contributed by atoms with Crippen LogP contribution in [0.2, 0.25) is 0 Å². The number of aliphatic hydroxyl groups excluding tert-OH is 4. The van der Waals surface area contributed by atoms with E-state index in [1.54, 1.807) is 0 Å². The molecule has 1 rings (SSSR count). The van der Waals surface area contributed by atoms with Gasteiger partial charge in [-0.25, -0.2) is 4.79 Å². The summed E-state index contributed by atoms with van der Waals surface area (Å²) in [5.41, 5.74) is 0. The van der Waals surface area contributed by atoms with Crippen molar-refractivity contribution in [1.29, 1.82) is 0 Å². The first-order chi connectivity index (χ1) is 12.5. The number of ether oxygens (including phenoxy) is 1. The molecule has 27 heavy (non-hydrogen) atoms. The highest BCUT2D eigenvalue weighted by molar-refractivity contribution is 5.75. The van der Waals surface area contributed by atoms with Gasteiger partial charge in [0.05, 0.1) is 30.8 Å². The predicted octanol–water partition coefficient (Wildman–Crippen LogP) is -2.66. The van der Waals surface area contributed by atoms with E-state index in [4.69, 9.17) is 14.9 Å². The number of rotatable bonds is 8. The molecule has 0 spiro atoms. The average Bonchev–Trinajstić information content (AvgIpc) is 2.54. The molecule has 1 aliphatic heterocycles. The Morgan fingerprint density at radius 3 is 2.19 bits per heavy atom. The lowest BCUT2D eigenvalue weighted by molar-refractivity contribution is -0.297. The molecule has 0 aromatic rings. The number of carboxylic acids is 1. The fourth-order valence-electron chi connectivity index (χ4n) is 2.70. The van der Waals surface area contributed by atoms with Gasteiger partial charge in [-0.2, -0.15) is 0 Å². The Balaban J connectivity index is 0.00000119. The zero-order chi connectivity index (χ0) is 21.2. The summed E-state index contributed by atoms with van der Waals surface area (Å²) in [5, 5.41) is 62.4. The van der Waals surface area contributed by atoms with Gasteiger partial charge in [0, 0.05) is 19.8 Å². The zero-order valence-corrected chi connectivity index (χ0v) is 15.8. The van der Waals surface area contributed by atoms with Crippen molar-refractivity contribution < 1.29 is 45.0 Å². The van der Waals surface area contributed by atoms with Gasteiger partial charge in [0.15, 0.2) is 0 Å². The molecule has 1 amide bonds. The smallest absolute Gasteiger partial charge is 0.364 e. The number of carboxylic acid groups (broad SMARTS) is 1. The minimum absolute atomic E-state index is 0.357. The topological polar surface area (TPSA) is 189 Å². The van der Waals surface area contributed by atoms with Crippen LogP contribution in [-0.4, -0.2) is 92.5 Å². The highest BCUT2D eigenvalue weighted by Gasteiger charge is 2.53. The fourth-order valence-corrected chi connectivity index (χ4v) is 2.70. The molecule has 1 saturated heterocycles. The summed E-state index contributed by atoms with van der Waals surface area (Å²) in [6.45, 7) is 6.86. The molecule has 11 heteroatoms. The van der Waals surface area contributed by atoms with E-state index in [-0.39, 0.29) is 6.42 Å². The van der Waals surface area contributed by atoms with E-state index in [0.717, 1.165) is 20.0 Å². The van der Waals surface area contributed by atoms with Gasteiger partial charge in [-0.05, 0) is 13.1 Å². The maximum Gasteiger partial charge on any atom is 0.364 e. The quantitative estimate of drug-likeness (QED) is 0.201. The van der Waals surface area contributed by atoms with Crippen LogP contribution in [0.3, 0.4) is 0 Å². The molecule has 11 nitrogen and oxygen atoms in total. The minimum atomic E-state index is -2.69. The van der Waals surface area contributed by atoms with Crippen molar-refractivity contribution in [3.8, 4) is 0 Å². The number of hydrogen-bond donors (Lipinski definition) is 8. The molecule has 8 N–H and O–H groups in total. The molecule has 0 aliphatic carbocycles. The van der Waals surface area contributed by atoms with Crippen molar-refractivity contribution in [2.24, 2.45) is 5.92 Å². The Bertz CT molecular complexity index is 463. The number of carbonyl (C=O) groups excluding carboxylic acids is 1. The Morgan fingerprint density at radius 1 is 1.26 bits per heavy atom. The maximum atomic E-state index is 11.0. The lowest BCUT2D eigenvalue weighted by Crippen LogP contribution is -2.61. The number of nitrogens with one attached hydrogen (secondary N) is 2. The first kappa shape index (κ1) is 25.7. The number of amides is 1. The van der Waals surface area contributed by atoms with Crippen LogP contribution in [0.1, 0.15) is 33.6 Å². The Hall–Kier alpha value is -1.34. The molecule has 0 aromatic heterocycles. The summed E-state index contributed by atoms with van der Waals surface area (Å²) in [4.78, 5) is 22.0. The van der Waals surface area contributed by atoms with Crippen LogP contribution < -0.4 is 10.6 Å². The van der Waals surface area contributed by atoms with Gasteiger partial charge in [0.25, 0.3) is 5.79 Å². The van der Waals surface area contributed by atoms with Gasteiger partial charge in [0.2, 0.25) is 5.91 Å². The third kappa shape index (κ3) is 8.47. The van der Waals surface area contributed by atoms with E-state index in [1.165, 1.54) is 0 Å². The summed E-state index contributed by atoms with van der Waals surface area (Å²) in [6, 6.07) is 0. The van der Waals surface area contributed by atoms with Crippen LogP contribution in [0, 0.1) is 5.92 Å². The number of aliphatic hydroxyl groups is 5. The van der Waals surface area contributed by atoms with Gasteiger partial charge in [-0.3, -0.25) is 4.79 Å². The molecule has 1 aliphatic rings. The summed E-state index contributed by atoms with van der Waals surface area (Å²) in [7, 11) is 0. The van der Waals surface area contributed by atoms with Crippen LogP contribution in [-0.2, 0) is 14.3 Å². The van der Waals surface area contributed by atoms with E-state index < -0.39 is 61.1 Å². The van der Waals surface area contributed by atoms with Crippen LogP contribution >= 0.6 is 0 Å². The standard InChI is InChI=1S/C12H21NO9.C4H11N/c1-5(15)13-10(18)9-7(17)3-12(21,11(19)20)22-8(9)2-6(16)4-14;1-3-5-4-2/h6-10,14,16-18,21H,2-4H2,1H3,(H,13,15)(H,19,20);5H,3-4H2,1-2H3/t6-,7-,8-,9-,10-,12-;/m0./s1. The number of aliphatic carboxylic acids is 1. The average molecular weight is 396 g/mol. The van der Waals surface area contributed by atoms with Crippen LogP contribution in [0.4, 0.5) is 0 Å². The van der Waals surface area contributed by atoms with Crippen molar-refractivity contribution in [1.82, 2.24) is 10.6 Å². The monoisotopic (exact) mass is 396 g/mol. The summed E-state index contributed by atoms with van der Waals surface area (Å²) in [5.74, 6) is -6.21. The van der Waals surface area contributed by atoms with Gasteiger partial charge in [-0.15, -0.1) is 0 Å². The van der Waals surface area contributed by atoms with Crippen LogP contribution in [0.25, 0.3) is 0 Å². The largest absolute Gasteiger partial charge is 0.477 e. The van der Waals surface area contributed by atoms with E-state index >= 15 is 0 Å². The predicted molar refractivity (Wildman–Crippen MR) is 93.3 cm³/mol. The summed E-state index contributed by atoms with van der Waals surface area (Å²) >= 11 is 0. The third-order valence-corrected chi connectivity index (χ3v) is 3.97. The summed E-state index contributed by atoms with van der Waals surface area (Å²) < 4.78 is 5.01. The second-order valence-corrected chi connectivity index (χ2v) is 6.27. The third-order valence-electron chi connectivity index (χ3n) is 3.97. The Kier molecular flexibility index (Phi) is 11.6. The minimum Gasteiger partial charge on any atom is -0.477 e. The Morgan fingerprint density at radius 2 is 1.81 bits per heavy atom. The molecular weight excluding hydrogens is 364 g/mol. The lowest BCUT2D eigenvalue weighted by atomic mass is 9.83.